The van der Waals surface area contributed by atoms with Crippen LogP contribution in [0.4, 0.5) is 8.78 Å². The fourth-order valence-corrected chi connectivity index (χ4v) is 1.07. The van der Waals surface area contributed by atoms with Gasteiger partial charge in [-0.25, -0.2) is 8.78 Å². The van der Waals surface area contributed by atoms with Gasteiger partial charge in [0.25, 0.3) is 0 Å². The molecule has 0 fully saturated rings. The number of carbonyl (C=O) groups is 2. The summed E-state index contributed by atoms with van der Waals surface area (Å²) in [5.74, 6) is -4.54. The smallest absolute Gasteiger partial charge is 0.161 e. The highest BCUT2D eigenvalue weighted by Gasteiger charge is 2.06. The molecule has 0 aliphatic carbocycles. The maximum Gasteiger partial charge on any atom is 0.161 e. The summed E-state index contributed by atoms with van der Waals surface area (Å²) >= 11 is 0. The summed E-state index contributed by atoms with van der Waals surface area (Å²) in [7, 11) is 0. The minimum Gasteiger partial charge on any atom is -0.545 e. The molecule has 0 amide bonds. The van der Waals surface area contributed by atoms with Gasteiger partial charge in [0.1, 0.15) is 0 Å². The van der Waals surface area contributed by atoms with Crippen molar-refractivity contribution < 1.29 is 23.5 Å². The molecule has 0 spiro atoms. The highest BCUT2D eigenvalue weighted by atomic mass is 19.2. The van der Waals surface area contributed by atoms with Gasteiger partial charge in [-0.1, -0.05) is 6.07 Å². The van der Waals surface area contributed by atoms with Crippen LogP contribution in [0, 0.1) is 11.6 Å². The highest BCUT2D eigenvalue weighted by molar-refractivity contribution is 6.18. The number of carboxylic acids is 1. The predicted octanol–water partition coefficient (Wildman–Crippen LogP) is 0.687. The Balaban J connectivity index is 3.18. The Labute approximate surface area is 90.0 Å². The monoisotopic (exact) mass is 225 g/mol. The van der Waals surface area contributed by atoms with Gasteiger partial charge in [0.2, 0.25) is 0 Å². The summed E-state index contributed by atoms with van der Waals surface area (Å²) in [5.41, 5.74) is -0.515. The van der Waals surface area contributed by atoms with Crippen LogP contribution in [0.15, 0.2) is 23.8 Å². The lowest BCUT2D eigenvalue weighted by molar-refractivity contribution is -0.298. The van der Waals surface area contributed by atoms with Crippen molar-refractivity contribution in [3.05, 3.63) is 41.0 Å². The molecule has 0 unspecified atom stereocenters. The topological polar surface area (TPSA) is 57.2 Å². The van der Waals surface area contributed by atoms with Gasteiger partial charge in [0, 0.05) is 5.57 Å². The lowest BCUT2D eigenvalue weighted by atomic mass is 10.1. The molecule has 84 valence electrons. The minimum atomic E-state index is -1.66. The molecular formula is C11H7F2O3-. The van der Waals surface area contributed by atoms with Crippen molar-refractivity contribution in [2.45, 2.75) is 6.92 Å². The quantitative estimate of drug-likeness (QED) is 0.432. The number of benzene rings is 1. The number of ketones is 1. The van der Waals surface area contributed by atoms with Crippen LogP contribution in [0.3, 0.4) is 0 Å². The summed E-state index contributed by atoms with van der Waals surface area (Å²) in [4.78, 5) is 21.4. The number of rotatable bonds is 3. The summed E-state index contributed by atoms with van der Waals surface area (Å²) in [5, 5.41) is 10.5. The van der Waals surface area contributed by atoms with Gasteiger partial charge >= 0.3 is 0 Å². The molecule has 0 aliphatic heterocycles. The van der Waals surface area contributed by atoms with Gasteiger partial charge in [-0.2, -0.15) is 0 Å². The molecule has 1 rings (SSSR count). The van der Waals surface area contributed by atoms with Crippen molar-refractivity contribution in [1.82, 2.24) is 0 Å². The molecule has 0 aliphatic rings. The Morgan fingerprint density at radius 2 is 1.88 bits per heavy atom. The van der Waals surface area contributed by atoms with E-state index in [2.05, 4.69) is 0 Å². The number of hydrogen-bond donors (Lipinski definition) is 0. The number of carbonyl (C=O) groups excluding carboxylic acids is 2. The highest BCUT2D eigenvalue weighted by Crippen LogP contribution is 2.12. The normalized spacial score (nSPS) is 11.3. The maximum absolute atomic E-state index is 12.8. The largest absolute Gasteiger partial charge is 0.545 e. The Kier molecular flexibility index (Phi) is 3.50. The van der Waals surface area contributed by atoms with Gasteiger partial charge in [-0.05, 0) is 30.7 Å². The van der Waals surface area contributed by atoms with Crippen LogP contribution in [-0.2, 0) is 9.59 Å². The molecular weight excluding hydrogens is 218 g/mol. The molecule has 0 heterocycles. The SMILES string of the molecule is CC(=O)/C(=C/c1ccc(F)c(F)c1)C(=O)[O-]. The maximum atomic E-state index is 12.8. The van der Waals surface area contributed by atoms with Crippen molar-refractivity contribution in [2.75, 3.05) is 0 Å². The van der Waals surface area contributed by atoms with Gasteiger partial charge in [0.15, 0.2) is 17.4 Å². The Morgan fingerprint density at radius 1 is 1.25 bits per heavy atom. The molecule has 0 N–H and O–H groups in total. The van der Waals surface area contributed by atoms with Crippen LogP contribution in [0.5, 0.6) is 0 Å². The second kappa shape index (κ2) is 4.65. The zero-order chi connectivity index (χ0) is 12.3. The summed E-state index contributed by atoms with van der Waals surface area (Å²) in [6, 6.07) is 2.79. The standard InChI is InChI=1S/C11H8F2O3/c1-6(14)8(11(15)16)4-7-2-3-9(12)10(13)5-7/h2-5H,1H3,(H,15,16)/p-1/b8-4-. The van der Waals surface area contributed by atoms with Gasteiger partial charge < -0.3 is 9.90 Å². The van der Waals surface area contributed by atoms with E-state index in [1.54, 1.807) is 0 Å². The predicted molar refractivity (Wildman–Crippen MR) is 50.0 cm³/mol. The van der Waals surface area contributed by atoms with Crippen LogP contribution in [-0.4, -0.2) is 11.8 Å². The van der Waals surface area contributed by atoms with Gasteiger partial charge in [0.05, 0.1) is 5.97 Å². The fraction of sp³-hybridized carbons (Fsp3) is 0.0909. The third kappa shape index (κ3) is 2.73. The molecule has 16 heavy (non-hydrogen) atoms. The zero-order valence-electron chi connectivity index (χ0n) is 8.29. The molecule has 0 aromatic heterocycles. The average molecular weight is 225 g/mol. The number of Topliss-reactive ketones (excluding diaryl/α,β-unsaturated/α-hetero) is 1. The molecule has 0 atom stereocenters. The fourth-order valence-electron chi connectivity index (χ4n) is 1.07. The Hall–Kier alpha value is -2.04. The van der Waals surface area contributed by atoms with E-state index < -0.39 is 29.0 Å². The van der Waals surface area contributed by atoms with Crippen molar-refractivity contribution in [1.29, 1.82) is 0 Å². The Bertz CT molecular complexity index is 462. The van der Waals surface area contributed by atoms with E-state index in [4.69, 9.17) is 0 Å². The minimum absolute atomic E-state index is 0.0771. The van der Waals surface area contributed by atoms with Crippen LogP contribution in [0.25, 0.3) is 6.08 Å². The summed E-state index contributed by atoms with van der Waals surface area (Å²) in [6.07, 6.45) is 0.931. The first-order valence-electron chi connectivity index (χ1n) is 4.31. The van der Waals surface area contributed by atoms with E-state index in [9.17, 15) is 23.5 Å². The van der Waals surface area contributed by atoms with Gasteiger partial charge in [-0.15, -0.1) is 0 Å². The summed E-state index contributed by atoms with van der Waals surface area (Å²) in [6.45, 7) is 1.04. The first-order chi connectivity index (χ1) is 7.41. The first-order valence-corrected chi connectivity index (χ1v) is 4.31. The van der Waals surface area contributed by atoms with Crippen LogP contribution >= 0.6 is 0 Å². The lowest BCUT2D eigenvalue weighted by Gasteiger charge is -2.04. The molecule has 0 saturated heterocycles. The van der Waals surface area contributed by atoms with Crippen molar-refractivity contribution >= 4 is 17.8 Å². The van der Waals surface area contributed by atoms with Crippen LogP contribution in [0.2, 0.25) is 0 Å². The lowest BCUT2D eigenvalue weighted by Crippen LogP contribution is -2.27. The van der Waals surface area contributed by atoms with Crippen molar-refractivity contribution in [3.8, 4) is 0 Å². The molecule has 5 heteroatoms. The van der Waals surface area contributed by atoms with E-state index in [0.29, 0.717) is 0 Å². The molecule has 1 aromatic carbocycles. The van der Waals surface area contributed by atoms with E-state index >= 15 is 0 Å². The average Bonchev–Trinajstić information content (AvgIpc) is 2.18. The summed E-state index contributed by atoms with van der Waals surface area (Å²) < 4.78 is 25.3. The van der Waals surface area contributed by atoms with E-state index in [-0.39, 0.29) is 5.56 Å². The third-order valence-corrected chi connectivity index (χ3v) is 1.85. The van der Waals surface area contributed by atoms with Crippen molar-refractivity contribution in [3.63, 3.8) is 0 Å². The second-order valence-corrected chi connectivity index (χ2v) is 3.08. The number of hydrogen-bond acceptors (Lipinski definition) is 3. The number of halogens is 2. The molecule has 0 saturated carbocycles. The third-order valence-electron chi connectivity index (χ3n) is 1.85. The second-order valence-electron chi connectivity index (χ2n) is 3.08. The first kappa shape index (κ1) is 12.0. The molecule has 3 nitrogen and oxygen atoms in total. The zero-order valence-corrected chi connectivity index (χ0v) is 8.29. The van der Waals surface area contributed by atoms with E-state index in [0.717, 1.165) is 31.2 Å². The Morgan fingerprint density at radius 3 is 2.31 bits per heavy atom. The number of aliphatic carboxylic acids is 1. The molecule has 0 bridgehead atoms. The molecule has 1 aromatic rings. The van der Waals surface area contributed by atoms with Crippen LogP contribution < -0.4 is 5.11 Å². The van der Waals surface area contributed by atoms with E-state index in [1.165, 1.54) is 0 Å². The van der Waals surface area contributed by atoms with Gasteiger partial charge in [-0.3, -0.25) is 4.79 Å². The molecule has 0 radical (unpaired) electrons. The van der Waals surface area contributed by atoms with Crippen molar-refractivity contribution in [2.24, 2.45) is 0 Å². The van der Waals surface area contributed by atoms with E-state index in [1.807, 2.05) is 0 Å². The number of carboxylic acid groups (broad SMARTS) is 1. The van der Waals surface area contributed by atoms with Crippen LogP contribution in [0.1, 0.15) is 12.5 Å².